The lowest BCUT2D eigenvalue weighted by molar-refractivity contribution is -0.140. The molecule has 0 spiro atoms. The summed E-state index contributed by atoms with van der Waals surface area (Å²) in [4.78, 5) is 16.3. The lowest BCUT2D eigenvalue weighted by atomic mass is 10.0. The zero-order chi connectivity index (χ0) is 10.4. The minimum absolute atomic E-state index is 0.243. The maximum Gasteiger partial charge on any atom is 0.266 e. The summed E-state index contributed by atoms with van der Waals surface area (Å²) in [6.07, 6.45) is 0.520. The minimum Gasteiger partial charge on any atom is -0.382 e. The molecule has 14 heavy (non-hydrogen) atoms. The van der Waals surface area contributed by atoms with Gasteiger partial charge in [-0.1, -0.05) is 0 Å². The van der Waals surface area contributed by atoms with E-state index < -0.39 is 5.54 Å². The number of methoxy groups -OCH3 is 1. The summed E-state index contributed by atoms with van der Waals surface area (Å²) in [7, 11) is 1.56. The maximum absolute atomic E-state index is 11.4. The van der Waals surface area contributed by atoms with Gasteiger partial charge in [-0.15, -0.1) is 0 Å². The molecule has 1 rings (SSSR count). The van der Waals surface area contributed by atoms with Gasteiger partial charge in [-0.05, 0) is 0 Å². The highest BCUT2D eigenvalue weighted by atomic mass is 16.7. The molecule has 82 valence electrons. The standard InChI is InChI=1S/C8H16N2O4/c1-12-4-5-14-10-7(11)8(9)2-3-13-6-8/h2-6,9H2,1H3,(H,10,11). The van der Waals surface area contributed by atoms with E-state index in [0.29, 0.717) is 26.2 Å². The van der Waals surface area contributed by atoms with Gasteiger partial charge in [0.15, 0.2) is 0 Å². The Kier molecular flexibility index (Phi) is 4.27. The van der Waals surface area contributed by atoms with E-state index in [4.69, 9.17) is 20.0 Å². The van der Waals surface area contributed by atoms with Crippen molar-refractivity contribution in [2.24, 2.45) is 5.73 Å². The van der Waals surface area contributed by atoms with E-state index in [1.54, 1.807) is 7.11 Å². The van der Waals surface area contributed by atoms with Crippen molar-refractivity contribution in [3.8, 4) is 0 Å². The Morgan fingerprint density at radius 1 is 1.64 bits per heavy atom. The van der Waals surface area contributed by atoms with Crippen LogP contribution in [0.25, 0.3) is 0 Å². The van der Waals surface area contributed by atoms with Crippen molar-refractivity contribution >= 4 is 5.91 Å². The third-order valence-corrected chi connectivity index (χ3v) is 2.06. The molecule has 6 nitrogen and oxygen atoms in total. The van der Waals surface area contributed by atoms with Crippen LogP contribution < -0.4 is 11.2 Å². The van der Waals surface area contributed by atoms with E-state index in [9.17, 15) is 4.79 Å². The first kappa shape index (κ1) is 11.4. The lowest BCUT2D eigenvalue weighted by Crippen LogP contribution is -2.54. The maximum atomic E-state index is 11.4. The molecule has 1 amide bonds. The van der Waals surface area contributed by atoms with Gasteiger partial charge in [-0.2, -0.15) is 0 Å². The largest absolute Gasteiger partial charge is 0.382 e. The first-order chi connectivity index (χ1) is 6.69. The molecule has 1 aliphatic rings. The minimum atomic E-state index is -0.937. The molecule has 1 saturated heterocycles. The topological polar surface area (TPSA) is 82.8 Å². The van der Waals surface area contributed by atoms with Gasteiger partial charge in [0, 0.05) is 20.1 Å². The quantitative estimate of drug-likeness (QED) is 0.434. The number of carbonyl (C=O) groups is 1. The molecule has 1 fully saturated rings. The molecule has 1 atom stereocenters. The average molecular weight is 204 g/mol. The number of ether oxygens (including phenoxy) is 2. The van der Waals surface area contributed by atoms with Crippen LogP contribution in [0.4, 0.5) is 0 Å². The van der Waals surface area contributed by atoms with Crippen LogP contribution in [0.15, 0.2) is 0 Å². The van der Waals surface area contributed by atoms with Crippen molar-refractivity contribution in [1.29, 1.82) is 0 Å². The number of nitrogens with two attached hydrogens (primary N) is 1. The van der Waals surface area contributed by atoms with Crippen LogP contribution in [-0.2, 0) is 19.1 Å². The van der Waals surface area contributed by atoms with Gasteiger partial charge < -0.3 is 15.2 Å². The van der Waals surface area contributed by atoms with Gasteiger partial charge in [0.25, 0.3) is 5.91 Å². The summed E-state index contributed by atoms with van der Waals surface area (Å²) in [6, 6.07) is 0. The van der Waals surface area contributed by atoms with Crippen molar-refractivity contribution in [3.63, 3.8) is 0 Å². The molecular formula is C8H16N2O4. The summed E-state index contributed by atoms with van der Waals surface area (Å²) < 4.78 is 9.78. The second kappa shape index (κ2) is 5.26. The predicted molar refractivity (Wildman–Crippen MR) is 48.3 cm³/mol. The Morgan fingerprint density at radius 2 is 2.43 bits per heavy atom. The predicted octanol–water partition coefficient (Wildman–Crippen LogP) is -1.20. The first-order valence-electron chi connectivity index (χ1n) is 4.47. The second-order valence-corrected chi connectivity index (χ2v) is 3.23. The first-order valence-corrected chi connectivity index (χ1v) is 4.47. The van der Waals surface area contributed by atoms with Crippen LogP contribution in [-0.4, -0.2) is 45.0 Å². The molecule has 0 radical (unpaired) electrons. The normalized spacial score (nSPS) is 26.4. The summed E-state index contributed by atoms with van der Waals surface area (Å²) in [5.74, 6) is -0.342. The second-order valence-electron chi connectivity index (χ2n) is 3.23. The summed E-state index contributed by atoms with van der Waals surface area (Å²) >= 11 is 0. The number of nitrogens with one attached hydrogen (secondary N) is 1. The smallest absolute Gasteiger partial charge is 0.266 e. The van der Waals surface area contributed by atoms with Gasteiger partial charge >= 0.3 is 0 Å². The van der Waals surface area contributed by atoms with Gasteiger partial charge in [0.1, 0.15) is 5.54 Å². The monoisotopic (exact) mass is 204 g/mol. The zero-order valence-electron chi connectivity index (χ0n) is 8.25. The van der Waals surface area contributed by atoms with Crippen molar-refractivity contribution in [1.82, 2.24) is 5.48 Å². The van der Waals surface area contributed by atoms with Crippen molar-refractivity contribution in [2.45, 2.75) is 12.0 Å². The van der Waals surface area contributed by atoms with Crippen LogP contribution in [0, 0.1) is 0 Å². The van der Waals surface area contributed by atoms with Crippen LogP contribution in [0.3, 0.4) is 0 Å². The molecule has 6 heteroatoms. The van der Waals surface area contributed by atoms with Crippen LogP contribution >= 0.6 is 0 Å². The summed E-state index contributed by atoms with van der Waals surface area (Å²) in [5.41, 5.74) is 7.11. The SMILES string of the molecule is COCCONC(=O)C1(N)CCOC1. The molecule has 0 aromatic rings. The van der Waals surface area contributed by atoms with Crippen LogP contribution in [0.1, 0.15) is 6.42 Å². The third-order valence-electron chi connectivity index (χ3n) is 2.06. The molecule has 1 unspecified atom stereocenters. The van der Waals surface area contributed by atoms with Gasteiger partial charge in [-0.25, -0.2) is 5.48 Å². The molecule has 0 aromatic heterocycles. The van der Waals surface area contributed by atoms with Crippen LogP contribution in [0.2, 0.25) is 0 Å². The number of carbonyl (C=O) groups excluding carboxylic acids is 1. The fourth-order valence-corrected chi connectivity index (χ4v) is 1.10. The molecule has 0 saturated carbocycles. The third kappa shape index (κ3) is 2.91. The van der Waals surface area contributed by atoms with E-state index in [-0.39, 0.29) is 12.5 Å². The van der Waals surface area contributed by atoms with E-state index in [1.807, 2.05) is 0 Å². The van der Waals surface area contributed by atoms with Crippen molar-refractivity contribution in [2.75, 3.05) is 33.5 Å². The zero-order valence-corrected chi connectivity index (χ0v) is 8.25. The van der Waals surface area contributed by atoms with Gasteiger partial charge in [-0.3, -0.25) is 9.63 Å². The number of hydrogen-bond acceptors (Lipinski definition) is 5. The van der Waals surface area contributed by atoms with E-state index in [0.717, 1.165) is 0 Å². The molecular weight excluding hydrogens is 188 g/mol. The molecule has 0 aliphatic carbocycles. The van der Waals surface area contributed by atoms with Crippen molar-refractivity contribution < 1.29 is 19.1 Å². The Balaban J connectivity index is 2.20. The summed E-state index contributed by atoms with van der Waals surface area (Å²) in [5, 5.41) is 0. The highest BCUT2D eigenvalue weighted by molar-refractivity contribution is 5.85. The summed E-state index contributed by atoms with van der Waals surface area (Å²) in [6.45, 7) is 1.49. The molecule has 1 aliphatic heterocycles. The lowest BCUT2D eigenvalue weighted by Gasteiger charge is -2.19. The number of hydrogen-bond donors (Lipinski definition) is 2. The van der Waals surface area contributed by atoms with Crippen molar-refractivity contribution in [3.05, 3.63) is 0 Å². The fourth-order valence-electron chi connectivity index (χ4n) is 1.10. The number of amides is 1. The average Bonchev–Trinajstić information content (AvgIpc) is 2.61. The number of rotatable bonds is 5. The van der Waals surface area contributed by atoms with E-state index in [1.165, 1.54) is 0 Å². The Bertz CT molecular complexity index is 192. The molecule has 0 aromatic carbocycles. The highest BCUT2D eigenvalue weighted by Crippen LogP contribution is 2.14. The molecule has 0 bridgehead atoms. The molecule has 1 heterocycles. The Labute approximate surface area is 82.6 Å². The molecule has 3 N–H and O–H groups in total. The Hall–Kier alpha value is -0.690. The highest BCUT2D eigenvalue weighted by Gasteiger charge is 2.38. The van der Waals surface area contributed by atoms with E-state index in [2.05, 4.69) is 5.48 Å². The number of hydroxylamine groups is 1. The Morgan fingerprint density at radius 3 is 3.00 bits per heavy atom. The van der Waals surface area contributed by atoms with Crippen LogP contribution in [0.5, 0.6) is 0 Å². The fraction of sp³-hybridized carbons (Fsp3) is 0.875. The van der Waals surface area contributed by atoms with Gasteiger partial charge in [0.05, 0.1) is 19.8 Å². The van der Waals surface area contributed by atoms with Gasteiger partial charge in [0.2, 0.25) is 0 Å². The van der Waals surface area contributed by atoms with E-state index >= 15 is 0 Å².